The zero-order chi connectivity index (χ0) is 42.5. The molecule has 3 N–H and O–H groups in total. The fraction of sp³-hybridized carbons (Fsp3) is 0.812. The Morgan fingerprint density at radius 3 is 1.48 bits per heavy atom. The largest absolute Gasteiger partial charge is 0.472 e. The molecule has 0 aliphatic rings. The summed E-state index contributed by atoms with van der Waals surface area (Å²) >= 11 is 0. The van der Waals surface area contributed by atoms with E-state index in [1.165, 1.54) is 122 Å². The molecule has 0 fully saturated rings. The van der Waals surface area contributed by atoms with Crippen molar-refractivity contribution in [2.24, 2.45) is 0 Å². The second-order valence-corrected chi connectivity index (χ2v) is 17.2. The molecule has 0 aromatic carbocycles. The first kappa shape index (κ1) is 56.4. The van der Waals surface area contributed by atoms with Crippen molar-refractivity contribution in [2.75, 3.05) is 33.0 Å². The summed E-state index contributed by atoms with van der Waals surface area (Å²) in [7, 11) is -4.52. The number of hydrogen-bond acceptors (Lipinski definition) is 8. The number of hydrogen-bond donors (Lipinski definition) is 3. The fourth-order valence-corrected chi connectivity index (χ4v) is 7.25. The second-order valence-electron chi connectivity index (χ2n) is 15.8. The molecule has 3 atom stereocenters. The van der Waals surface area contributed by atoms with Crippen molar-refractivity contribution in [2.45, 2.75) is 219 Å². The van der Waals surface area contributed by atoms with Crippen LogP contribution in [-0.4, -0.2) is 66.3 Å². The van der Waals surface area contributed by atoms with Crippen LogP contribution in [0.25, 0.3) is 0 Å². The average molecular weight is 841 g/mol. The minimum absolute atomic E-state index is 0.0487. The van der Waals surface area contributed by atoms with Crippen LogP contribution in [0.4, 0.5) is 0 Å². The van der Waals surface area contributed by atoms with Gasteiger partial charge in [-0.05, 0) is 51.4 Å². The van der Waals surface area contributed by atoms with E-state index >= 15 is 0 Å². The molecule has 58 heavy (non-hydrogen) atoms. The number of aliphatic hydroxyl groups excluding tert-OH is 2. The lowest BCUT2D eigenvalue weighted by atomic mass is 10.0. The van der Waals surface area contributed by atoms with Gasteiger partial charge in [0.05, 0.1) is 26.4 Å². The predicted molar refractivity (Wildman–Crippen MR) is 242 cm³/mol. The Labute approximate surface area is 356 Å². The van der Waals surface area contributed by atoms with Crippen molar-refractivity contribution in [1.29, 1.82) is 0 Å². The molecule has 0 saturated heterocycles. The van der Waals surface area contributed by atoms with E-state index in [4.69, 9.17) is 23.6 Å². The number of aliphatic hydroxyl groups is 2. The number of phosphoric acid groups is 1. The zero-order valence-electron chi connectivity index (χ0n) is 37.3. The number of phosphoric ester groups is 1. The van der Waals surface area contributed by atoms with Gasteiger partial charge in [-0.25, -0.2) is 4.57 Å². The van der Waals surface area contributed by atoms with Crippen LogP contribution in [0.5, 0.6) is 0 Å². The number of allylic oxidation sites excluding steroid dienone is 8. The second kappa shape index (κ2) is 45.0. The van der Waals surface area contributed by atoms with Crippen molar-refractivity contribution >= 4 is 13.8 Å². The van der Waals surface area contributed by atoms with Crippen molar-refractivity contribution in [3.8, 4) is 0 Å². The molecule has 10 heteroatoms. The predicted octanol–water partition coefficient (Wildman–Crippen LogP) is 13.4. The first-order chi connectivity index (χ1) is 28.3. The van der Waals surface area contributed by atoms with Gasteiger partial charge in [0, 0.05) is 13.0 Å². The maximum Gasteiger partial charge on any atom is 0.472 e. The third-order valence-corrected chi connectivity index (χ3v) is 11.0. The highest BCUT2D eigenvalue weighted by Gasteiger charge is 2.26. The van der Waals surface area contributed by atoms with Crippen molar-refractivity contribution in [3.05, 3.63) is 48.6 Å². The van der Waals surface area contributed by atoms with E-state index in [1.807, 2.05) is 0 Å². The van der Waals surface area contributed by atoms with E-state index in [-0.39, 0.29) is 25.6 Å². The van der Waals surface area contributed by atoms with E-state index in [1.54, 1.807) is 0 Å². The molecular weight excluding hydrogens is 751 g/mol. The number of carbonyl (C=O) groups is 1. The molecule has 0 aromatic rings. The Morgan fingerprint density at radius 2 is 0.983 bits per heavy atom. The van der Waals surface area contributed by atoms with Gasteiger partial charge >= 0.3 is 13.8 Å². The molecule has 0 aromatic heterocycles. The lowest BCUT2D eigenvalue weighted by Gasteiger charge is -2.20. The van der Waals surface area contributed by atoms with Crippen LogP contribution in [0.2, 0.25) is 0 Å². The van der Waals surface area contributed by atoms with Crippen LogP contribution in [0.15, 0.2) is 48.6 Å². The van der Waals surface area contributed by atoms with Crippen LogP contribution < -0.4 is 0 Å². The molecular formula is C48H89O9P. The van der Waals surface area contributed by atoms with Crippen LogP contribution in [0.1, 0.15) is 206 Å². The van der Waals surface area contributed by atoms with Gasteiger partial charge in [0.2, 0.25) is 0 Å². The van der Waals surface area contributed by atoms with Crippen molar-refractivity contribution in [1.82, 2.24) is 0 Å². The van der Waals surface area contributed by atoms with Crippen LogP contribution in [0.3, 0.4) is 0 Å². The number of rotatable bonds is 45. The lowest BCUT2D eigenvalue weighted by molar-refractivity contribution is -0.154. The topological polar surface area (TPSA) is 132 Å². The molecule has 0 saturated carbocycles. The minimum atomic E-state index is -4.52. The van der Waals surface area contributed by atoms with E-state index in [2.05, 4.69) is 62.5 Å². The van der Waals surface area contributed by atoms with Gasteiger partial charge in [-0.1, -0.05) is 197 Å². The van der Waals surface area contributed by atoms with Gasteiger partial charge in [-0.2, -0.15) is 0 Å². The summed E-state index contributed by atoms with van der Waals surface area (Å²) in [6.45, 7) is 3.42. The van der Waals surface area contributed by atoms with Crippen molar-refractivity contribution in [3.63, 3.8) is 0 Å². The maximum atomic E-state index is 12.6. The molecule has 340 valence electrons. The third kappa shape index (κ3) is 44.0. The highest BCUT2D eigenvalue weighted by atomic mass is 31.2. The molecule has 0 radical (unpaired) electrons. The molecule has 0 rings (SSSR count). The summed E-state index contributed by atoms with van der Waals surface area (Å²) in [6.07, 6.45) is 50.7. The molecule has 3 unspecified atom stereocenters. The van der Waals surface area contributed by atoms with Gasteiger partial charge in [-0.3, -0.25) is 13.8 Å². The number of esters is 1. The number of carbonyl (C=O) groups excluding carboxylic acids is 1. The molecule has 0 aliphatic carbocycles. The van der Waals surface area contributed by atoms with E-state index in [0.29, 0.717) is 6.61 Å². The maximum absolute atomic E-state index is 12.6. The van der Waals surface area contributed by atoms with Gasteiger partial charge in [0.25, 0.3) is 0 Å². The van der Waals surface area contributed by atoms with E-state index in [0.717, 1.165) is 64.2 Å². The SMILES string of the molecule is CC/C=C\C/C=C\C/C=C\C/C=C\CCCCCCCCCCCCCOCC(COP(=O)(O)OCC(O)CO)OC(=O)CCCCCCCCCCCCCCC. The first-order valence-electron chi connectivity index (χ1n) is 23.6. The van der Waals surface area contributed by atoms with Crippen LogP contribution in [0, 0.1) is 0 Å². The Balaban J connectivity index is 4.05. The molecule has 0 aliphatic heterocycles. The van der Waals surface area contributed by atoms with Crippen molar-refractivity contribution < 1.29 is 43.0 Å². The Hall–Kier alpha value is -1.58. The smallest absolute Gasteiger partial charge is 0.457 e. The summed E-state index contributed by atoms with van der Waals surface area (Å²) in [4.78, 5) is 22.6. The summed E-state index contributed by atoms with van der Waals surface area (Å²) < 4.78 is 33.4. The highest BCUT2D eigenvalue weighted by Crippen LogP contribution is 2.43. The van der Waals surface area contributed by atoms with Gasteiger partial charge < -0.3 is 24.6 Å². The molecule has 0 heterocycles. The van der Waals surface area contributed by atoms with E-state index in [9.17, 15) is 19.4 Å². The summed E-state index contributed by atoms with van der Waals surface area (Å²) in [6, 6.07) is 0. The van der Waals surface area contributed by atoms with E-state index < -0.39 is 33.2 Å². The summed E-state index contributed by atoms with van der Waals surface area (Å²) in [5.41, 5.74) is 0. The highest BCUT2D eigenvalue weighted by molar-refractivity contribution is 7.47. The quantitative estimate of drug-likeness (QED) is 0.0237. The van der Waals surface area contributed by atoms with Gasteiger partial charge in [-0.15, -0.1) is 0 Å². The third-order valence-electron chi connectivity index (χ3n) is 10.0. The Bertz CT molecular complexity index is 1040. The van der Waals surface area contributed by atoms with Gasteiger partial charge in [0.15, 0.2) is 0 Å². The summed E-state index contributed by atoms with van der Waals surface area (Å²) in [5, 5.41) is 18.4. The molecule has 9 nitrogen and oxygen atoms in total. The van der Waals surface area contributed by atoms with Crippen LogP contribution in [-0.2, 0) is 27.9 Å². The molecule has 0 amide bonds. The standard InChI is InChI=1S/C48H89O9P/c1-3-5-7-9-11-13-15-17-18-19-20-21-22-23-24-25-26-27-29-31-33-35-37-39-41-54-44-47(45-56-58(52,53)55-43-46(50)42-49)57-48(51)40-38-36-34-32-30-28-16-14-12-10-8-6-4-2/h5,7,11,13,17-18,20-21,46-47,49-50H,3-4,6,8-10,12,14-16,19,22-45H2,1-2H3,(H,52,53)/b7-5-,13-11-,18-17-,21-20-. The Morgan fingerprint density at radius 1 is 0.552 bits per heavy atom. The average Bonchev–Trinajstić information content (AvgIpc) is 3.21. The van der Waals surface area contributed by atoms with Gasteiger partial charge in [0.1, 0.15) is 12.2 Å². The number of unbranched alkanes of at least 4 members (excludes halogenated alkanes) is 23. The minimum Gasteiger partial charge on any atom is -0.457 e. The monoisotopic (exact) mass is 841 g/mol. The zero-order valence-corrected chi connectivity index (χ0v) is 38.2. The molecule has 0 bridgehead atoms. The fourth-order valence-electron chi connectivity index (χ4n) is 6.47. The lowest BCUT2D eigenvalue weighted by Crippen LogP contribution is -2.29. The first-order valence-corrected chi connectivity index (χ1v) is 25.1. The summed E-state index contributed by atoms with van der Waals surface area (Å²) in [5.74, 6) is -0.383. The van der Waals surface area contributed by atoms with Crippen LogP contribution >= 0.6 is 7.82 Å². The molecule has 0 spiro atoms. The number of ether oxygens (including phenoxy) is 2. The Kier molecular flexibility index (Phi) is 43.7. The normalized spacial score (nSPS) is 14.4.